The number of aryl methyl sites for hydroxylation is 1. The zero-order valence-electron chi connectivity index (χ0n) is 12.6. The van der Waals surface area contributed by atoms with Crippen LogP contribution in [0.5, 0.6) is 0 Å². The Balaban J connectivity index is 1.93. The van der Waals surface area contributed by atoms with E-state index in [2.05, 4.69) is 26.8 Å². The Kier molecular flexibility index (Phi) is 4.00. The lowest BCUT2D eigenvalue weighted by molar-refractivity contribution is -0.122. The van der Waals surface area contributed by atoms with Crippen LogP contribution >= 0.6 is 0 Å². The van der Waals surface area contributed by atoms with Crippen LogP contribution in [0.25, 0.3) is 11.1 Å². The van der Waals surface area contributed by atoms with Gasteiger partial charge in [-0.25, -0.2) is 9.97 Å². The molecule has 3 rings (SSSR count). The number of amides is 1. The lowest BCUT2D eigenvalue weighted by Gasteiger charge is -2.34. The van der Waals surface area contributed by atoms with Gasteiger partial charge < -0.3 is 10.6 Å². The van der Waals surface area contributed by atoms with Crippen molar-refractivity contribution in [2.45, 2.75) is 19.8 Å². The lowest BCUT2D eigenvalue weighted by atomic mass is 9.94. The zero-order valence-corrected chi connectivity index (χ0v) is 12.6. The number of nitrogens with zero attached hydrogens (tertiary/aromatic N) is 4. The van der Waals surface area contributed by atoms with Gasteiger partial charge in [0.1, 0.15) is 6.33 Å². The third-order valence-electron chi connectivity index (χ3n) is 4.19. The summed E-state index contributed by atoms with van der Waals surface area (Å²) in [5.41, 5.74) is 9.65. The van der Waals surface area contributed by atoms with Gasteiger partial charge in [-0.3, -0.25) is 9.78 Å². The highest BCUT2D eigenvalue weighted by molar-refractivity contribution is 5.80. The minimum atomic E-state index is -0.192. The summed E-state index contributed by atoms with van der Waals surface area (Å²) >= 11 is 0. The molecule has 1 aliphatic heterocycles. The van der Waals surface area contributed by atoms with Crippen LogP contribution in [0.2, 0.25) is 0 Å². The molecule has 0 unspecified atom stereocenters. The van der Waals surface area contributed by atoms with Gasteiger partial charge in [0.25, 0.3) is 0 Å². The van der Waals surface area contributed by atoms with E-state index >= 15 is 0 Å². The number of pyridine rings is 1. The van der Waals surface area contributed by atoms with Gasteiger partial charge in [0, 0.05) is 54.9 Å². The number of rotatable bonds is 3. The SMILES string of the molecule is Cc1cncc(-c2cncnc2)c1N1CCC(C(N)=O)CC1. The standard InChI is InChI=1S/C16H19N5O/c1-11-6-18-9-14(13-7-19-10-20-8-13)15(11)21-4-2-12(3-5-21)16(17)22/h6-10,12H,2-5H2,1H3,(H2,17,22). The number of hydrogen-bond acceptors (Lipinski definition) is 5. The van der Waals surface area contributed by atoms with Gasteiger partial charge in [-0.2, -0.15) is 0 Å². The van der Waals surface area contributed by atoms with Crippen LogP contribution in [0.1, 0.15) is 18.4 Å². The summed E-state index contributed by atoms with van der Waals surface area (Å²) in [6.45, 7) is 3.69. The molecule has 22 heavy (non-hydrogen) atoms. The van der Waals surface area contributed by atoms with Gasteiger partial charge in [-0.1, -0.05) is 0 Å². The van der Waals surface area contributed by atoms with E-state index in [0.29, 0.717) is 0 Å². The van der Waals surface area contributed by atoms with E-state index in [1.165, 1.54) is 6.33 Å². The molecule has 2 N–H and O–H groups in total. The summed E-state index contributed by atoms with van der Waals surface area (Å²) in [7, 11) is 0. The van der Waals surface area contributed by atoms with Crippen molar-refractivity contribution in [2.75, 3.05) is 18.0 Å². The number of carbonyl (C=O) groups is 1. The zero-order chi connectivity index (χ0) is 15.5. The first-order chi connectivity index (χ1) is 10.7. The molecule has 2 aromatic rings. The van der Waals surface area contributed by atoms with Crippen molar-refractivity contribution in [3.05, 3.63) is 36.7 Å². The monoisotopic (exact) mass is 297 g/mol. The molecule has 1 aliphatic rings. The average molecular weight is 297 g/mol. The average Bonchev–Trinajstić information content (AvgIpc) is 2.55. The Labute approximate surface area is 129 Å². The van der Waals surface area contributed by atoms with Crippen LogP contribution < -0.4 is 10.6 Å². The fraction of sp³-hybridized carbons (Fsp3) is 0.375. The molecule has 0 spiro atoms. The number of anilines is 1. The number of primary amides is 1. The molecular formula is C16H19N5O. The Bertz CT molecular complexity index is 665. The van der Waals surface area contributed by atoms with Gasteiger partial charge in [-0.15, -0.1) is 0 Å². The van der Waals surface area contributed by atoms with E-state index in [9.17, 15) is 4.79 Å². The number of nitrogens with two attached hydrogens (primary N) is 1. The summed E-state index contributed by atoms with van der Waals surface area (Å²) in [6, 6.07) is 0. The van der Waals surface area contributed by atoms with Crippen molar-refractivity contribution in [3.63, 3.8) is 0 Å². The molecular weight excluding hydrogens is 278 g/mol. The van der Waals surface area contributed by atoms with E-state index in [1.807, 2.05) is 12.4 Å². The molecule has 1 amide bonds. The third kappa shape index (κ3) is 2.77. The highest BCUT2D eigenvalue weighted by Gasteiger charge is 2.25. The van der Waals surface area contributed by atoms with E-state index in [0.717, 1.165) is 48.3 Å². The highest BCUT2D eigenvalue weighted by atomic mass is 16.1. The van der Waals surface area contributed by atoms with Crippen LogP contribution in [0.3, 0.4) is 0 Å². The Morgan fingerprint density at radius 2 is 1.82 bits per heavy atom. The van der Waals surface area contributed by atoms with Crippen molar-refractivity contribution in [1.82, 2.24) is 15.0 Å². The minimum Gasteiger partial charge on any atom is -0.371 e. The quantitative estimate of drug-likeness (QED) is 0.929. The van der Waals surface area contributed by atoms with Crippen molar-refractivity contribution in [1.29, 1.82) is 0 Å². The molecule has 0 radical (unpaired) electrons. The fourth-order valence-corrected chi connectivity index (χ4v) is 3.02. The van der Waals surface area contributed by atoms with Crippen molar-refractivity contribution in [2.24, 2.45) is 11.7 Å². The molecule has 1 saturated heterocycles. The highest BCUT2D eigenvalue weighted by Crippen LogP contribution is 2.34. The van der Waals surface area contributed by atoms with Crippen molar-refractivity contribution < 1.29 is 4.79 Å². The number of piperidine rings is 1. The first-order valence-corrected chi connectivity index (χ1v) is 7.41. The third-order valence-corrected chi connectivity index (χ3v) is 4.19. The Morgan fingerprint density at radius 3 is 2.45 bits per heavy atom. The number of carbonyl (C=O) groups excluding carboxylic acids is 1. The van der Waals surface area contributed by atoms with Crippen molar-refractivity contribution in [3.8, 4) is 11.1 Å². The molecule has 0 aromatic carbocycles. The molecule has 2 aromatic heterocycles. The lowest BCUT2D eigenvalue weighted by Crippen LogP contribution is -2.39. The number of aromatic nitrogens is 3. The summed E-state index contributed by atoms with van der Waals surface area (Å²) < 4.78 is 0. The van der Waals surface area contributed by atoms with Gasteiger partial charge in [0.15, 0.2) is 0 Å². The second kappa shape index (κ2) is 6.09. The largest absolute Gasteiger partial charge is 0.371 e. The maximum atomic E-state index is 11.3. The van der Waals surface area contributed by atoms with Crippen molar-refractivity contribution >= 4 is 11.6 Å². The Hall–Kier alpha value is -2.50. The first kappa shape index (κ1) is 14.4. The smallest absolute Gasteiger partial charge is 0.220 e. The second-order valence-corrected chi connectivity index (χ2v) is 5.64. The predicted octanol–water partition coefficient (Wildman–Crippen LogP) is 1.55. The molecule has 6 heteroatoms. The maximum Gasteiger partial charge on any atom is 0.220 e. The summed E-state index contributed by atoms with van der Waals surface area (Å²) in [5.74, 6) is -0.204. The molecule has 6 nitrogen and oxygen atoms in total. The molecule has 0 bridgehead atoms. The summed E-state index contributed by atoms with van der Waals surface area (Å²) in [6.07, 6.45) is 10.4. The summed E-state index contributed by atoms with van der Waals surface area (Å²) in [4.78, 5) is 26.1. The molecule has 0 atom stereocenters. The number of hydrogen-bond donors (Lipinski definition) is 1. The summed E-state index contributed by atoms with van der Waals surface area (Å²) in [5, 5.41) is 0. The Morgan fingerprint density at radius 1 is 1.14 bits per heavy atom. The van der Waals surface area contributed by atoms with Gasteiger partial charge in [-0.05, 0) is 25.3 Å². The van der Waals surface area contributed by atoms with Gasteiger partial charge in [0.2, 0.25) is 5.91 Å². The van der Waals surface area contributed by atoms with E-state index in [4.69, 9.17) is 5.73 Å². The van der Waals surface area contributed by atoms with E-state index < -0.39 is 0 Å². The van der Waals surface area contributed by atoms with Crippen LogP contribution in [0, 0.1) is 12.8 Å². The molecule has 114 valence electrons. The topological polar surface area (TPSA) is 85.0 Å². The predicted molar refractivity (Wildman–Crippen MR) is 84.1 cm³/mol. The molecule has 3 heterocycles. The molecule has 0 saturated carbocycles. The van der Waals surface area contributed by atoms with Crippen LogP contribution in [-0.2, 0) is 4.79 Å². The maximum absolute atomic E-state index is 11.3. The first-order valence-electron chi connectivity index (χ1n) is 7.41. The van der Waals surface area contributed by atoms with E-state index in [1.54, 1.807) is 12.4 Å². The van der Waals surface area contributed by atoms with Gasteiger partial charge >= 0.3 is 0 Å². The molecule has 0 aliphatic carbocycles. The van der Waals surface area contributed by atoms with Crippen LogP contribution in [0.15, 0.2) is 31.1 Å². The minimum absolute atomic E-state index is 0.0121. The van der Waals surface area contributed by atoms with E-state index in [-0.39, 0.29) is 11.8 Å². The van der Waals surface area contributed by atoms with Crippen LogP contribution in [-0.4, -0.2) is 33.9 Å². The second-order valence-electron chi connectivity index (χ2n) is 5.64. The molecule has 1 fully saturated rings. The fourth-order valence-electron chi connectivity index (χ4n) is 3.02. The van der Waals surface area contributed by atoms with Gasteiger partial charge in [0.05, 0.1) is 5.69 Å². The normalized spacial score (nSPS) is 15.8. The van der Waals surface area contributed by atoms with Crippen LogP contribution in [0.4, 0.5) is 5.69 Å².